The van der Waals surface area contributed by atoms with Gasteiger partial charge in [0.2, 0.25) is 0 Å². The standard InChI is InChI=1S/C10H10O4/c1-8(11)14-10(12-7-13-10)9-5-3-2-4-6-9/h2-6H,7H2,1H3. The molecule has 0 amide bonds. The quantitative estimate of drug-likeness (QED) is 0.667. The van der Waals surface area contributed by atoms with Crippen LogP contribution in [-0.2, 0) is 25.0 Å². The van der Waals surface area contributed by atoms with Crippen molar-refractivity contribution in [3.8, 4) is 0 Å². The number of carbonyl (C=O) groups is 1. The maximum atomic E-state index is 10.8. The molecule has 74 valence electrons. The normalized spacial score (nSPS) is 18.4. The van der Waals surface area contributed by atoms with Crippen LogP contribution in [0, 0.1) is 0 Å². The SMILES string of the molecule is CC(=O)OC1(c2ccccc2)OCO1. The van der Waals surface area contributed by atoms with Gasteiger partial charge in [0.1, 0.15) is 0 Å². The Kier molecular flexibility index (Phi) is 2.23. The van der Waals surface area contributed by atoms with E-state index in [0.29, 0.717) is 5.56 Å². The summed E-state index contributed by atoms with van der Waals surface area (Å²) in [4.78, 5) is 10.8. The molecule has 4 nitrogen and oxygen atoms in total. The van der Waals surface area contributed by atoms with E-state index in [1.165, 1.54) is 6.92 Å². The van der Waals surface area contributed by atoms with Gasteiger partial charge in [-0.2, -0.15) is 0 Å². The number of hydrogen-bond donors (Lipinski definition) is 0. The first-order chi connectivity index (χ1) is 6.73. The molecule has 0 aromatic heterocycles. The van der Waals surface area contributed by atoms with Crippen LogP contribution in [0.3, 0.4) is 0 Å². The van der Waals surface area contributed by atoms with Gasteiger partial charge in [0.25, 0.3) is 0 Å². The molecule has 0 unspecified atom stereocenters. The van der Waals surface area contributed by atoms with Gasteiger partial charge in [-0.3, -0.25) is 14.3 Å². The monoisotopic (exact) mass is 194 g/mol. The first-order valence-corrected chi connectivity index (χ1v) is 4.26. The number of ether oxygens (including phenoxy) is 3. The maximum absolute atomic E-state index is 10.8. The Hall–Kier alpha value is -1.39. The summed E-state index contributed by atoms with van der Waals surface area (Å²) in [6.45, 7) is 1.46. The highest BCUT2D eigenvalue weighted by molar-refractivity contribution is 5.66. The summed E-state index contributed by atoms with van der Waals surface area (Å²) in [5, 5.41) is 0. The Balaban J connectivity index is 2.25. The lowest BCUT2D eigenvalue weighted by Crippen LogP contribution is -2.47. The van der Waals surface area contributed by atoms with Crippen LogP contribution < -0.4 is 0 Å². The number of benzene rings is 1. The third-order valence-electron chi connectivity index (χ3n) is 1.90. The summed E-state index contributed by atoms with van der Waals surface area (Å²) in [6.07, 6.45) is 0. The second-order valence-electron chi connectivity index (χ2n) is 2.92. The van der Waals surface area contributed by atoms with Crippen molar-refractivity contribution in [2.45, 2.75) is 12.9 Å². The van der Waals surface area contributed by atoms with Gasteiger partial charge in [-0.05, 0) is 12.1 Å². The number of carbonyl (C=O) groups excluding carboxylic acids is 1. The molecule has 4 heteroatoms. The summed E-state index contributed by atoms with van der Waals surface area (Å²) in [6, 6.07) is 9.07. The fraction of sp³-hybridized carbons (Fsp3) is 0.300. The van der Waals surface area contributed by atoms with Gasteiger partial charge in [0, 0.05) is 6.92 Å². The number of hydrogen-bond acceptors (Lipinski definition) is 4. The lowest BCUT2D eigenvalue weighted by molar-refractivity contribution is -0.499. The zero-order valence-electron chi connectivity index (χ0n) is 7.73. The summed E-state index contributed by atoms with van der Waals surface area (Å²) in [5.74, 6) is -1.75. The van der Waals surface area contributed by atoms with Crippen molar-refractivity contribution in [1.29, 1.82) is 0 Å². The molecule has 2 rings (SSSR count). The van der Waals surface area contributed by atoms with Crippen LogP contribution in [0.1, 0.15) is 12.5 Å². The predicted octanol–water partition coefficient (Wildman–Crippen LogP) is 1.36. The van der Waals surface area contributed by atoms with Crippen molar-refractivity contribution in [3.63, 3.8) is 0 Å². The van der Waals surface area contributed by atoms with Crippen LogP contribution in [0.2, 0.25) is 0 Å². The van der Waals surface area contributed by atoms with Crippen LogP contribution in [0.15, 0.2) is 30.3 Å². The van der Waals surface area contributed by atoms with Crippen molar-refractivity contribution in [3.05, 3.63) is 35.9 Å². The zero-order valence-corrected chi connectivity index (χ0v) is 7.73. The van der Waals surface area contributed by atoms with E-state index in [1.807, 2.05) is 18.2 Å². The van der Waals surface area contributed by atoms with Crippen molar-refractivity contribution in [2.24, 2.45) is 0 Å². The minimum atomic E-state index is -1.31. The van der Waals surface area contributed by atoms with Crippen LogP contribution in [-0.4, -0.2) is 12.8 Å². The highest BCUT2D eigenvalue weighted by Gasteiger charge is 2.46. The Morgan fingerprint density at radius 2 is 2.00 bits per heavy atom. The molecule has 1 fully saturated rings. The topological polar surface area (TPSA) is 44.8 Å². The molecule has 1 aliphatic heterocycles. The maximum Gasteiger partial charge on any atom is 0.362 e. The van der Waals surface area contributed by atoms with Crippen LogP contribution in [0.5, 0.6) is 0 Å². The summed E-state index contributed by atoms with van der Waals surface area (Å²) in [5.41, 5.74) is 0.682. The molecule has 0 spiro atoms. The summed E-state index contributed by atoms with van der Waals surface area (Å²) < 4.78 is 15.3. The molecule has 1 aromatic carbocycles. The molecule has 1 saturated heterocycles. The van der Waals surface area contributed by atoms with E-state index in [9.17, 15) is 4.79 Å². The van der Waals surface area contributed by atoms with Gasteiger partial charge in [0.05, 0.1) is 5.56 Å². The second-order valence-corrected chi connectivity index (χ2v) is 2.92. The first kappa shape index (κ1) is 9.18. The van der Waals surface area contributed by atoms with Crippen molar-refractivity contribution >= 4 is 5.97 Å². The smallest absolute Gasteiger partial charge is 0.362 e. The van der Waals surface area contributed by atoms with Gasteiger partial charge in [0.15, 0.2) is 6.79 Å². The Labute approximate surface area is 81.4 Å². The number of esters is 1. The van der Waals surface area contributed by atoms with E-state index < -0.39 is 11.9 Å². The lowest BCUT2D eigenvalue weighted by atomic mass is 10.2. The van der Waals surface area contributed by atoms with Gasteiger partial charge in [-0.15, -0.1) is 0 Å². The summed E-state index contributed by atoms with van der Waals surface area (Å²) >= 11 is 0. The van der Waals surface area contributed by atoms with E-state index in [2.05, 4.69) is 0 Å². The molecule has 0 N–H and O–H groups in total. The lowest BCUT2D eigenvalue weighted by Gasteiger charge is -2.39. The largest absolute Gasteiger partial charge is 0.404 e. The first-order valence-electron chi connectivity index (χ1n) is 4.26. The molecular formula is C10H10O4. The van der Waals surface area contributed by atoms with E-state index in [0.717, 1.165) is 0 Å². The third-order valence-corrected chi connectivity index (χ3v) is 1.90. The van der Waals surface area contributed by atoms with Crippen LogP contribution in [0.4, 0.5) is 0 Å². The van der Waals surface area contributed by atoms with E-state index in [-0.39, 0.29) is 6.79 Å². The van der Waals surface area contributed by atoms with Gasteiger partial charge in [-0.1, -0.05) is 18.2 Å². The molecule has 0 aliphatic carbocycles. The molecule has 14 heavy (non-hydrogen) atoms. The highest BCUT2D eigenvalue weighted by atomic mass is 17.0. The Morgan fingerprint density at radius 3 is 2.43 bits per heavy atom. The minimum Gasteiger partial charge on any atom is -0.404 e. The molecule has 0 atom stereocenters. The average molecular weight is 194 g/mol. The molecule has 0 bridgehead atoms. The summed E-state index contributed by atoms with van der Waals surface area (Å²) in [7, 11) is 0. The van der Waals surface area contributed by atoms with Crippen LogP contribution >= 0.6 is 0 Å². The molecule has 1 aromatic rings. The molecule has 0 saturated carbocycles. The molecule has 1 aliphatic rings. The zero-order chi connectivity index (χ0) is 10.0. The van der Waals surface area contributed by atoms with E-state index in [4.69, 9.17) is 14.2 Å². The highest BCUT2D eigenvalue weighted by Crippen LogP contribution is 2.35. The van der Waals surface area contributed by atoms with Crippen molar-refractivity contribution in [2.75, 3.05) is 6.79 Å². The van der Waals surface area contributed by atoms with Crippen LogP contribution in [0.25, 0.3) is 0 Å². The van der Waals surface area contributed by atoms with Gasteiger partial charge >= 0.3 is 11.9 Å². The fourth-order valence-electron chi connectivity index (χ4n) is 1.28. The Bertz CT molecular complexity index is 329. The van der Waals surface area contributed by atoms with Crippen molar-refractivity contribution < 1.29 is 19.0 Å². The predicted molar refractivity (Wildman–Crippen MR) is 46.9 cm³/mol. The van der Waals surface area contributed by atoms with Gasteiger partial charge in [-0.25, -0.2) is 0 Å². The number of rotatable bonds is 2. The Morgan fingerprint density at radius 1 is 1.36 bits per heavy atom. The average Bonchev–Trinajstić information content (AvgIpc) is 2.12. The van der Waals surface area contributed by atoms with Crippen molar-refractivity contribution in [1.82, 2.24) is 0 Å². The second kappa shape index (κ2) is 3.40. The molecular weight excluding hydrogens is 184 g/mol. The molecule has 0 radical (unpaired) electrons. The fourth-order valence-corrected chi connectivity index (χ4v) is 1.28. The van der Waals surface area contributed by atoms with E-state index >= 15 is 0 Å². The molecule has 1 heterocycles. The minimum absolute atomic E-state index is 0.141. The third kappa shape index (κ3) is 1.49. The van der Waals surface area contributed by atoms with E-state index in [1.54, 1.807) is 12.1 Å². The van der Waals surface area contributed by atoms with Gasteiger partial charge < -0.3 is 4.74 Å².